The van der Waals surface area contributed by atoms with Crippen LogP contribution < -0.4 is 4.72 Å². The highest BCUT2D eigenvalue weighted by Gasteiger charge is 2.33. The number of carbonyl (C=O) groups excluding carboxylic acids is 1. The number of hydrogen-bond donors (Lipinski definition) is 1. The summed E-state index contributed by atoms with van der Waals surface area (Å²) in [4.78, 5) is 23.0. The number of rotatable bonds is 2. The molecular formula is C17H16N4O3S. The summed E-state index contributed by atoms with van der Waals surface area (Å²) in [5.74, 6) is 0.225. The Labute approximate surface area is 145 Å². The molecule has 3 heterocycles. The van der Waals surface area contributed by atoms with E-state index < -0.39 is 10.0 Å². The minimum atomic E-state index is -3.54. The van der Waals surface area contributed by atoms with E-state index in [9.17, 15) is 13.2 Å². The molecule has 0 spiro atoms. The Bertz CT molecular complexity index is 957. The first kappa shape index (κ1) is 15.8. The van der Waals surface area contributed by atoms with E-state index in [-0.39, 0.29) is 16.8 Å². The van der Waals surface area contributed by atoms with Gasteiger partial charge in [-0.05, 0) is 30.7 Å². The average molecular weight is 356 g/mol. The van der Waals surface area contributed by atoms with Gasteiger partial charge in [-0.3, -0.25) is 19.5 Å². The molecule has 1 saturated heterocycles. The monoisotopic (exact) mass is 356 g/mol. The summed E-state index contributed by atoms with van der Waals surface area (Å²) >= 11 is 0. The van der Waals surface area contributed by atoms with Crippen LogP contribution in [0.4, 0.5) is 0 Å². The number of fused-ring (bicyclic) bond motifs is 1. The number of amidine groups is 1. The Balaban J connectivity index is 1.54. The summed E-state index contributed by atoms with van der Waals surface area (Å²) in [6.45, 7) is 1.02. The van der Waals surface area contributed by atoms with Gasteiger partial charge in [-0.15, -0.1) is 0 Å². The van der Waals surface area contributed by atoms with E-state index in [0.717, 1.165) is 0 Å². The zero-order valence-electron chi connectivity index (χ0n) is 13.3. The third-order valence-electron chi connectivity index (χ3n) is 4.31. The third-order valence-corrected chi connectivity index (χ3v) is 5.71. The molecule has 1 unspecified atom stereocenters. The first-order chi connectivity index (χ1) is 12.0. The van der Waals surface area contributed by atoms with Crippen molar-refractivity contribution in [3.8, 4) is 0 Å². The molecule has 1 aromatic heterocycles. The van der Waals surface area contributed by atoms with Crippen molar-refractivity contribution in [2.75, 3.05) is 13.1 Å². The van der Waals surface area contributed by atoms with Gasteiger partial charge in [-0.2, -0.15) is 0 Å². The maximum atomic E-state index is 12.4. The number of nitrogens with zero attached hydrogens (tertiary/aromatic N) is 3. The van der Waals surface area contributed by atoms with Crippen molar-refractivity contribution in [1.82, 2.24) is 14.6 Å². The number of pyridine rings is 1. The van der Waals surface area contributed by atoms with Crippen molar-refractivity contribution in [2.45, 2.75) is 17.4 Å². The molecule has 1 N–H and O–H groups in total. The van der Waals surface area contributed by atoms with Crippen molar-refractivity contribution >= 4 is 21.8 Å². The van der Waals surface area contributed by atoms with Gasteiger partial charge in [0.1, 0.15) is 11.5 Å². The lowest BCUT2D eigenvalue weighted by Gasteiger charge is -2.15. The number of carbonyl (C=O) groups is 1. The van der Waals surface area contributed by atoms with Crippen LogP contribution in [0.15, 0.2) is 58.5 Å². The van der Waals surface area contributed by atoms with Gasteiger partial charge in [-0.1, -0.05) is 18.2 Å². The van der Waals surface area contributed by atoms with E-state index in [1.54, 1.807) is 53.6 Å². The van der Waals surface area contributed by atoms with Crippen molar-refractivity contribution in [2.24, 2.45) is 4.99 Å². The summed E-state index contributed by atoms with van der Waals surface area (Å²) in [5, 5.41) is 0. The van der Waals surface area contributed by atoms with Crippen molar-refractivity contribution in [3.63, 3.8) is 0 Å². The van der Waals surface area contributed by atoms with Crippen LogP contribution in [-0.4, -0.2) is 49.2 Å². The molecule has 128 valence electrons. The third kappa shape index (κ3) is 2.89. The van der Waals surface area contributed by atoms with E-state index in [4.69, 9.17) is 0 Å². The number of nitrogens with one attached hydrogen (secondary N) is 1. The predicted molar refractivity (Wildman–Crippen MR) is 91.8 cm³/mol. The van der Waals surface area contributed by atoms with Gasteiger partial charge in [0, 0.05) is 24.8 Å². The number of amides is 1. The van der Waals surface area contributed by atoms with Crippen LogP contribution >= 0.6 is 0 Å². The maximum absolute atomic E-state index is 12.4. The van der Waals surface area contributed by atoms with Crippen LogP contribution in [-0.2, 0) is 10.0 Å². The first-order valence-corrected chi connectivity index (χ1v) is 9.43. The summed E-state index contributed by atoms with van der Waals surface area (Å²) in [6.07, 6.45) is 2.28. The van der Waals surface area contributed by atoms with Crippen LogP contribution in [0, 0.1) is 0 Å². The quantitative estimate of drug-likeness (QED) is 0.870. The molecule has 1 aromatic carbocycles. The van der Waals surface area contributed by atoms with E-state index in [1.807, 2.05) is 0 Å². The van der Waals surface area contributed by atoms with Crippen molar-refractivity contribution in [3.05, 3.63) is 59.9 Å². The van der Waals surface area contributed by atoms with Gasteiger partial charge in [0.25, 0.3) is 15.9 Å². The number of aromatic nitrogens is 1. The standard InChI is InChI=1S/C17H16N4O3S/c22-17(14-6-3-4-9-18-14)21-10-8-12(11-21)19-16-13-5-1-2-7-15(13)25(23,24)20-16/h1-7,9,12H,8,10-11H2,(H,19,20). The van der Waals surface area contributed by atoms with Crippen LogP contribution in [0.5, 0.6) is 0 Å². The molecule has 1 fully saturated rings. The van der Waals surface area contributed by atoms with Crippen LogP contribution in [0.3, 0.4) is 0 Å². The summed E-state index contributed by atoms with van der Waals surface area (Å²) in [6, 6.07) is 11.8. The summed E-state index contributed by atoms with van der Waals surface area (Å²) < 4.78 is 26.8. The SMILES string of the molecule is O=C(c1ccccn1)N1CCC(N=C2NS(=O)(=O)c3ccccc32)C1. The second kappa shape index (κ2) is 5.96. The molecule has 2 aromatic rings. The minimum Gasteiger partial charge on any atom is -0.335 e. The van der Waals surface area contributed by atoms with Crippen molar-refractivity contribution in [1.29, 1.82) is 0 Å². The summed E-state index contributed by atoms with van der Waals surface area (Å²) in [5.41, 5.74) is 0.986. The van der Waals surface area contributed by atoms with Gasteiger partial charge < -0.3 is 4.90 Å². The first-order valence-electron chi connectivity index (χ1n) is 7.95. The molecule has 1 atom stereocenters. The second-order valence-electron chi connectivity index (χ2n) is 5.99. The molecule has 0 aliphatic carbocycles. The number of aliphatic imine (C=N–C) groups is 1. The Hall–Kier alpha value is -2.74. The van der Waals surface area contributed by atoms with Gasteiger partial charge >= 0.3 is 0 Å². The number of sulfonamides is 1. The fourth-order valence-electron chi connectivity index (χ4n) is 3.10. The zero-order valence-corrected chi connectivity index (χ0v) is 14.1. The molecule has 2 aliphatic heterocycles. The molecule has 0 bridgehead atoms. The smallest absolute Gasteiger partial charge is 0.272 e. The molecule has 0 radical (unpaired) electrons. The predicted octanol–water partition coefficient (Wildman–Crippen LogP) is 1.03. The Kier molecular flexibility index (Phi) is 3.76. The number of likely N-dealkylation sites (tertiary alicyclic amines) is 1. The van der Waals surface area contributed by atoms with Crippen LogP contribution in [0.2, 0.25) is 0 Å². The fourth-order valence-corrected chi connectivity index (χ4v) is 4.33. The molecule has 4 rings (SSSR count). The van der Waals surface area contributed by atoms with Gasteiger partial charge in [0.15, 0.2) is 0 Å². The highest BCUT2D eigenvalue weighted by atomic mass is 32.2. The van der Waals surface area contributed by atoms with Crippen LogP contribution in [0.25, 0.3) is 0 Å². The van der Waals surface area contributed by atoms with Crippen LogP contribution in [0.1, 0.15) is 22.5 Å². The lowest BCUT2D eigenvalue weighted by atomic mass is 10.2. The lowest BCUT2D eigenvalue weighted by Crippen LogP contribution is -2.30. The Morgan fingerprint density at radius 3 is 2.80 bits per heavy atom. The molecule has 2 aliphatic rings. The van der Waals surface area contributed by atoms with E-state index in [2.05, 4.69) is 14.7 Å². The number of hydrogen-bond acceptors (Lipinski definition) is 5. The topological polar surface area (TPSA) is 91.7 Å². The maximum Gasteiger partial charge on any atom is 0.272 e. The highest BCUT2D eigenvalue weighted by molar-refractivity contribution is 7.90. The highest BCUT2D eigenvalue weighted by Crippen LogP contribution is 2.24. The Morgan fingerprint density at radius 2 is 2.00 bits per heavy atom. The van der Waals surface area contributed by atoms with Gasteiger partial charge in [-0.25, -0.2) is 8.42 Å². The van der Waals surface area contributed by atoms with Crippen molar-refractivity contribution < 1.29 is 13.2 Å². The molecular weight excluding hydrogens is 340 g/mol. The molecule has 1 amide bonds. The fraction of sp³-hybridized carbons (Fsp3) is 0.235. The lowest BCUT2D eigenvalue weighted by molar-refractivity contribution is 0.0785. The van der Waals surface area contributed by atoms with Gasteiger partial charge in [0.05, 0.1) is 10.9 Å². The average Bonchev–Trinajstić information content (AvgIpc) is 3.19. The van der Waals surface area contributed by atoms with E-state index in [0.29, 0.717) is 36.6 Å². The Morgan fingerprint density at radius 1 is 1.20 bits per heavy atom. The van der Waals surface area contributed by atoms with E-state index in [1.165, 1.54) is 0 Å². The molecule has 0 saturated carbocycles. The second-order valence-corrected chi connectivity index (χ2v) is 7.64. The summed E-state index contributed by atoms with van der Waals surface area (Å²) in [7, 11) is -3.54. The normalized spacial score (nSPS) is 22.6. The number of benzene rings is 1. The minimum absolute atomic E-state index is 0.129. The molecule has 8 heteroatoms. The zero-order chi connectivity index (χ0) is 17.4. The molecule has 7 nitrogen and oxygen atoms in total. The van der Waals surface area contributed by atoms with Gasteiger partial charge in [0.2, 0.25) is 0 Å². The molecule has 25 heavy (non-hydrogen) atoms. The van der Waals surface area contributed by atoms with E-state index >= 15 is 0 Å². The largest absolute Gasteiger partial charge is 0.335 e.